The molecular formula is C24H22Cl2F3N3O2. The molecule has 2 aromatic carbocycles. The van der Waals surface area contributed by atoms with Crippen LogP contribution in [0.4, 0.5) is 13.2 Å². The third kappa shape index (κ3) is 6.04. The summed E-state index contributed by atoms with van der Waals surface area (Å²) in [7, 11) is 0. The van der Waals surface area contributed by atoms with Crippen LogP contribution in [-0.4, -0.2) is 22.2 Å². The molecule has 1 fully saturated rings. The summed E-state index contributed by atoms with van der Waals surface area (Å²) in [6, 6.07) is 14.0. The first-order chi connectivity index (χ1) is 16.2. The van der Waals surface area contributed by atoms with Crippen LogP contribution < -0.4 is 10.1 Å². The molecule has 1 N–H and O–H groups in total. The standard InChI is InChI=1S/C24H22Cl2F3N3O2/c25-18-7-9-19(10-8-18)34-14-15-3-1-4-17(13-15)23(33)30-11-2-12-32-21(16-5-6-16)20(26)22(31-32)24(27,28)29/h1,3-4,7-10,13,16H,2,5-6,11-12,14H2,(H,30,33). The molecule has 1 heterocycles. The Labute approximate surface area is 204 Å². The third-order valence-electron chi connectivity index (χ3n) is 5.40. The molecule has 0 bridgehead atoms. The van der Waals surface area contributed by atoms with Crippen LogP contribution in [0.2, 0.25) is 10.0 Å². The number of nitrogens with one attached hydrogen (secondary N) is 1. The molecule has 1 amide bonds. The molecule has 0 spiro atoms. The number of benzene rings is 2. The van der Waals surface area contributed by atoms with Crippen molar-refractivity contribution in [2.45, 2.75) is 44.5 Å². The molecule has 10 heteroatoms. The van der Waals surface area contributed by atoms with E-state index in [4.69, 9.17) is 27.9 Å². The lowest BCUT2D eigenvalue weighted by molar-refractivity contribution is -0.141. The lowest BCUT2D eigenvalue weighted by Gasteiger charge is -2.10. The van der Waals surface area contributed by atoms with E-state index in [0.29, 0.717) is 28.5 Å². The highest BCUT2D eigenvalue weighted by Gasteiger charge is 2.41. The highest BCUT2D eigenvalue weighted by Crippen LogP contribution is 2.46. The molecule has 1 aromatic heterocycles. The molecule has 0 unspecified atom stereocenters. The van der Waals surface area contributed by atoms with Crippen molar-refractivity contribution >= 4 is 29.1 Å². The average molecular weight is 512 g/mol. The Hall–Kier alpha value is -2.71. The van der Waals surface area contributed by atoms with Crippen LogP contribution >= 0.6 is 23.2 Å². The predicted molar refractivity (Wildman–Crippen MR) is 123 cm³/mol. The summed E-state index contributed by atoms with van der Waals surface area (Å²) in [5.41, 5.74) is 0.686. The largest absolute Gasteiger partial charge is 0.489 e. The Morgan fingerprint density at radius 2 is 1.88 bits per heavy atom. The van der Waals surface area contributed by atoms with Gasteiger partial charge in [-0.1, -0.05) is 35.3 Å². The molecule has 1 aliphatic rings. The normalized spacial score (nSPS) is 13.7. The van der Waals surface area contributed by atoms with Gasteiger partial charge >= 0.3 is 6.18 Å². The van der Waals surface area contributed by atoms with Gasteiger partial charge in [-0.2, -0.15) is 18.3 Å². The number of aryl methyl sites for hydroxylation is 1. The molecule has 0 aliphatic heterocycles. The fourth-order valence-electron chi connectivity index (χ4n) is 3.58. The van der Waals surface area contributed by atoms with E-state index >= 15 is 0 Å². The second-order valence-electron chi connectivity index (χ2n) is 8.10. The number of alkyl halides is 3. The minimum atomic E-state index is -4.59. The Morgan fingerprint density at radius 1 is 1.15 bits per heavy atom. The summed E-state index contributed by atoms with van der Waals surface area (Å²) in [5.74, 6) is 0.408. The SMILES string of the molecule is O=C(NCCCn1nc(C(F)(F)F)c(Cl)c1C1CC1)c1cccc(COc2ccc(Cl)cc2)c1. The Kier molecular flexibility index (Phi) is 7.38. The van der Waals surface area contributed by atoms with Gasteiger partial charge in [0.1, 0.15) is 12.4 Å². The van der Waals surface area contributed by atoms with Gasteiger partial charge in [-0.05, 0) is 61.2 Å². The summed E-state index contributed by atoms with van der Waals surface area (Å²) in [5, 5.41) is 6.81. The molecule has 4 rings (SSSR count). The van der Waals surface area contributed by atoms with E-state index in [1.807, 2.05) is 6.07 Å². The molecule has 180 valence electrons. The van der Waals surface area contributed by atoms with Crippen LogP contribution in [0.15, 0.2) is 48.5 Å². The van der Waals surface area contributed by atoms with Crippen molar-refractivity contribution in [3.05, 3.63) is 81.1 Å². The van der Waals surface area contributed by atoms with Crippen molar-refractivity contribution in [1.82, 2.24) is 15.1 Å². The number of halogens is 5. The summed E-state index contributed by atoms with van der Waals surface area (Å²) in [6.07, 6.45) is -2.57. The van der Waals surface area contributed by atoms with Crippen LogP contribution in [0.1, 0.15) is 52.5 Å². The Balaban J connectivity index is 1.30. The molecule has 5 nitrogen and oxygen atoms in total. The van der Waals surface area contributed by atoms with Crippen LogP contribution in [0.25, 0.3) is 0 Å². The molecule has 0 atom stereocenters. The second-order valence-corrected chi connectivity index (χ2v) is 8.91. The summed E-state index contributed by atoms with van der Waals surface area (Å²) in [6.45, 7) is 0.804. The van der Waals surface area contributed by atoms with Gasteiger partial charge in [0.05, 0.1) is 10.7 Å². The lowest BCUT2D eigenvalue weighted by Crippen LogP contribution is -2.25. The minimum absolute atomic E-state index is 0.0172. The number of carbonyl (C=O) groups is 1. The molecule has 1 aliphatic carbocycles. The first-order valence-electron chi connectivity index (χ1n) is 10.8. The van der Waals surface area contributed by atoms with E-state index in [1.54, 1.807) is 42.5 Å². The second kappa shape index (κ2) is 10.3. The van der Waals surface area contributed by atoms with Gasteiger partial charge in [0.15, 0.2) is 5.69 Å². The predicted octanol–water partition coefficient (Wildman–Crippen LogP) is 6.49. The minimum Gasteiger partial charge on any atom is -0.489 e. The first kappa shape index (κ1) is 24.4. The van der Waals surface area contributed by atoms with Gasteiger partial charge in [0, 0.05) is 29.6 Å². The van der Waals surface area contributed by atoms with E-state index < -0.39 is 11.9 Å². The molecule has 3 aromatic rings. The molecule has 0 radical (unpaired) electrons. The molecular weight excluding hydrogens is 490 g/mol. The number of nitrogens with zero attached hydrogens (tertiary/aromatic N) is 2. The van der Waals surface area contributed by atoms with Gasteiger partial charge in [0.25, 0.3) is 5.91 Å². The maximum Gasteiger partial charge on any atom is 0.436 e. The number of rotatable bonds is 9. The highest BCUT2D eigenvalue weighted by molar-refractivity contribution is 6.32. The van der Waals surface area contributed by atoms with Crippen LogP contribution in [0, 0.1) is 0 Å². The quantitative estimate of drug-likeness (QED) is 0.334. The van der Waals surface area contributed by atoms with Crippen LogP contribution in [0.5, 0.6) is 5.75 Å². The maximum absolute atomic E-state index is 13.2. The molecule has 1 saturated carbocycles. The van der Waals surface area contributed by atoms with Crippen LogP contribution in [0.3, 0.4) is 0 Å². The fraction of sp³-hybridized carbons (Fsp3) is 0.333. The van der Waals surface area contributed by atoms with Crippen molar-refractivity contribution in [1.29, 1.82) is 0 Å². The molecule has 34 heavy (non-hydrogen) atoms. The number of aromatic nitrogens is 2. The zero-order chi connectivity index (χ0) is 24.3. The zero-order valence-corrected chi connectivity index (χ0v) is 19.6. The van der Waals surface area contributed by atoms with Gasteiger partial charge in [0.2, 0.25) is 0 Å². The van der Waals surface area contributed by atoms with Crippen LogP contribution in [-0.2, 0) is 19.3 Å². The lowest BCUT2D eigenvalue weighted by atomic mass is 10.1. The van der Waals surface area contributed by atoms with Crippen molar-refractivity contribution < 1.29 is 22.7 Å². The average Bonchev–Trinajstić information content (AvgIpc) is 3.58. The number of ether oxygens (including phenoxy) is 1. The van der Waals surface area contributed by atoms with E-state index in [0.717, 1.165) is 18.4 Å². The summed E-state index contributed by atoms with van der Waals surface area (Å²) < 4.78 is 46.6. The Bertz CT molecular complexity index is 1160. The van der Waals surface area contributed by atoms with Crippen molar-refractivity contribution in [2.75, 3.05) is 6.54 Å². The summed E-state index contributed by atoms with van der Waals surface area (Å²) in [4.78, 5) is 12.5. The monoisotopic (exact) mass is 511 g/mol. The first-order valence-corrected chi connectivity index (χ1v) is 11.6. The third-order valence-corrected chi connectivity index (χ3v) is 6.03. The van der Waals surface area contributed by atoms with Gasteiger partial charge in [-0.15, -0.1) is 0 Å². The number of amides is 1. The Morgan fingerprint density at radius 3 is 2.56 bits per heavy atom. The number of hydrogen-bond acceptors (Lipinski definition) is 3. The smallest absolute Gasteiger partial charge is 0.436 e. The van der Waals surface area contributed by atoms with E-state index in [9.17, 15) is 18.0 Å². The van der Waals surface area contributed by atoms with E-state index in [1.165, 1.54) is 4.68 Å². The summed E-state index contributed by atoms with van der Waals surface area (Å²) >= 11 is 11.9. The number of hydrogen-bond donors (Lipinski definition) is 1. The van der Waals surface area contributed by atoms with Gasteiger partial charge < -0.3 is 10.1 Å². The number of carbonyl (C=O) groups excluding carboxylic acids is 1. The molecule has 0 saturated heterocycles. The van der Waals surface area contributed by atoms with E-state index in [-0.39, 0.29) is 36.5 Å². The van der Waals surface area contributed by atoms with Crippen molar-refractivity contribution in [3.8, 4) is 5.75 Å². The van der Waals surface area contributed by atoms with Gasteiger partial charge in [-0.25, -0.2) is 0 Å². The van der Waals surface area contributed by atoms with Crippen molar-refractivity contribution in [3.63, 3.8) is 0 Å². The zero-order valence-electron chi connectivity index (χ0n) is 18.0. The van der Waals surface area contributed by atoms with Crippen molar-refractivity contribution in [2.24, 2.45) is 0 Å². The maximum atomic E-state index is 13.2. The van der Waals surface area contributed by atoms with E-state index in [2.05, 4.69) is 10.4 Å². The topological polar surface area (TPSA) is 56.2 Å². The fourth-order valence-corrected chi connectivity index (χ4v) is 4.11. The van der Waals surface area contributed by atoms with Gasteiger partial charge in [-0.3, -0.25) is 9.48 Å². The highest BCUT2D eigenvalue weighted by atomic mass is 35.5.